The van der Waals surface area contributed by atoms with Gasteiger partial charge in [-0.1, -0.05) is 6.07 Å². The summed E-state index contributed by atoms with van der Waals surface area (Å²) in [6.07, 6.45) is 1.28. The van der Waals surface area contributed by atoms with Crippen LogP contribution in [-0.4, -0.2) is 17.7 Å². The summed E-state index contributed by atoms with van der Waals surface area (Å²) < 4.78 is 15.9. The average molecular weight is 367 g/mol. The highest BCUT2D eigenvalue weighted by atomic mass is 16.7. The van der Waals surface area contributed by atoms with Crippen molar-refractivity contribution in [2.45, 2.75) is 33.5 Å². The average Bonchev–Trinajstić information content (AvgIpc) is 2.58. The molecular weight excluding hydrogens is 346 g/mol. The fraction of sp³-hybridized carbons (Fsp3) is 0.238. The summed E-state index contributed by atoms with van der Waals surface area (Å²) in [7, 11) is 0. The van der Waals surface area contributed by atoms with Gasteiger partial charge in [-0.15, -0.1) is 0 Å². The summed E-state index contributed by atoms with van der Waals surface area (Å²) >= 11 is 0. The Bertz CT molecular complexity index is 891. The summed E-state index contributed by atoms with van der Waals surface area (Å²) in [6.45, 7) is 7.08. The van der Waals surface area contributed by atoms with Crippen LogP contribution in [-0.2, 0) is 19.1 Å². The van der Waals surface area contributed by atoms with E-state index in [1.165, 1.54) is 25.6 Å². The maximum Gasteiger partial charge on any atom is 0.350 e. The Hall–Kier alpha value is -3.28. The highest BCUT2D eigenvalue weighted by molar-refractivity contribution is 6.15. The Morgan fingerprint density at radius 2 is 1.48 bits per heavy atom. The molecule has 0 bridgehead atoms. The van der Waals surface area contributed by atoms with E-state index >= 15 is 0 Å². The molecule has 27 heavy (non-hydrogen) atoms. The van der Waals surface area contributed by atoms with Crippen molar-refractivity contribution in [2.24, 2.45) is 0 Å². The van der Waals surface area contributed by atoms with E-state index in [2.05, 4.69) is 5.32 Å². The zero-order chi connectivity index (χ0) is 19.6. The van der Waals surface area contributed by atoms with Crippen molar-refractivity contribution in [1.29, 1.82) is 0 Å². The van der Waals surface area contributed by atoms with Crippen LogP contribution in [0.15, 0.2) is 54.2 Å². The molecule has 0 unspecified atom stereocenters. The van der Waals surface area contributed by atoms with Crippen molar-refractivity contribution in [3.8, 4) is 11.5 Å². The molecule has 6 heteroatoms. The molecule has 1 N–H and O–H groups in total. The first kappa shape index (κ1) is 18.5. The predicted octanol–water partition coefficient (Wildman–Crippen LogP) is 4.23. The van der Waals surface area contributed by atoms with E-state index in [0.29, 0.717) is 11.4 Å². The van der Waals surface area contributed by atoms with Gasteiger partial charge in [-0.25, -0.2) is 9.59 Å². The number of benzene rings is 2. The molecule has 1 heterocycles. The van der Waals surface area contributed by atoms with E-state index in [4.69, 9.17) is 14.2 Å². The molecule has 3 rings (SSSR count). The summed E-state index contributed by atoms with van der Waals surface area (Å²) in [5.74, 6) is -1.26. The van der Waals surface area contributed by atoms with E-state index in [9.17, 15) is 9.59 Å². The molecule has 0 aliphatic carbocycles. The smallest absolute Gasteiger partial charge is 0.350 e. The van der Waals surface area contributed by atoms with Gasteiger partial charge in [0.05, 0.1) is 0 Å². The molecule has 0 aromatic heterocycles. The normalized spacial score (nSPS) is 15.6. The quantitative estimate of drug-likeness (QED) is 0.495. The van der Waals surface area contributed by atoms with E-state index in [-0.39, 0.29) is 5.57 Å². The van der Waals surface area contributed by atoms with Gasteiger partial charge in [-0.2, -0.15) is 0 Å². The number of esters is 2. The first-order chi connectivity index (χ1) is 12.7. The summed E-state index contributed by atoms with van der Waals surface area (Å²) in [4.78, 5) is 23.8. The van der Waals surface area contributed by atoms with E-state index < -0.39 is 17.7 Å². The third-order valence-corrected chi connectivity index (χ3v) is 4.07. The van der Waals surface area contributed by atoms with Crippen molar-refractivity contribution in [3.05, 3.63) is 65.4 Å². The summed E-state index contributed by atoms with van der Waals surface area (Å²) in [6, 6.07) is 13.0. The first-order valence-electron chi connectivity index (χ1n) is 8.52. The van der Waals surface area contributed by atoms with Crippen LogP contribution in [0.1, 0.15) is 25.0 Å². The number of nitrogens with one attached hydrogen (secondary N) is 1. The fourth-order valence-electron chi connectivity index (χ4n) is 2.47. The Morgan fingerprint density at radius 1 is 0.889 bits per heavy atom. The third-order valence-electron chi connectivity index (χ3n) is 4.07. The maximum atomic E-state index is 11.9. The fourth-order valence-corrected chi connectivity index (χ4v) is 2.47. The lowest BCUT2D eigenvalue weighted by molar-refractivity contribution is -0.222. The number of hydrogen-bond acceptors (Lipinski definition) is 6. The highest BCUT2D eigenvalue weighted by Gasteiger charge is 2.38. The minimum Gasteiger partial charge on any atom is -0.457 e. The van der Waals surface area contributed by atoms with Gasteiger partial charge in [0.25, 0.3) is 5.79 Å². The Labute approximate surface area is 157 Å². The Kier molecular flexibility index (Phi) is 4.90. The van der Waals surface area contributed by atoms with Crippen molar-refractivity contribution in [2.75, 3.05) is 5.32 Å². The van der Waals surface area contributed by atoms with Crippen molar-refractivity contribution in [1.82, 2.24) is 0 Å². The van der Waals surface area contributed by atoms with Gasteiger partial charge in [0.15, 0.2) is 5.57 Å². The topological polar surface area (TPSA) is 73.9 Å². The molecule has 6 nitrogen and oxygen atoms in total. The Morgan fingerprint density at radius 3 is 2.07 bits per heavy atom. The second-order valence-corrected chi connectivity index (χ2v) is 6.75. The molecule has 1 aliphatic heterocycles. The SMILES string of the molecule is Cc1ccc(Oc2ccc(NC=C3C(=O)OC(C)(C)OC3=O)cc2)cc1C. The predicted molar refractivity (Wildman–Crippen MR) is 100 cm³/mol. The van der Waals surface area contributed by atoms with Crippen LogP contribution in [0.2, 0.25) is 0 Å². The third kappa shape index (κ3) is 4.47. The van der Waals surface area contributed by atoms with E-state index in [1.807, 2.05) is 32.0 Å². The second-order valence-electron chi connectivity index (χ2n) is 6.75. The van der Waals surface area contributed by atoms with Crippen LogP contribution in [0, 0.1) is 13.8 Å². The number of hydrogen-bond donors (Lipinski definition) is 1. The monoisotopic (exact) mass is 367 g/mol. The van der Waals surface area contributed by atoms with Gasteiger partial charge in [-0.3, -0.25) is 0 Å². The molecule has 0 radical (unpaired) electrons. The van der Waals surface area contributed by atoms with Crippen molar-refractivity contribution >= 4 is 17.6 Å². The molecule has 2 aromatic rings. The maximum absolute atomic E-state index is 11.9. The molecule has 140 valence electrons. The molecule has 0 atom stereocenters. The van der Waals surface area contributed by atoms with Gasteiger partial charge >= 0.3 is 11.9 Å². The van der Waals surface area contributed by atoms with Crippen LogP contribution in [0.25, 0.3) is 0 Å². The minimum absolute atomic E-state index is 0.190. The zero-order valence-electron chi connectivity index (χ0n) is 15.7. The summed E-state index contributed by atoms with van der Waals surface area (Å²) in [5.41, 5.74) is 2.86. The second kappa shape index (κ2) is 7.15. The van der Waals surface area contributed by atoms with Gasteiger partial charge in [-0.05, 0) is 61.4 Å². The standard InChI is InChI=1S/C21H21NO5/c1-13-5-8-17(11-14(13)2)25-16-9-6-15(7-10-16)22-12-18-19(23)26-21(3,4)27-20(18)24/h5-12,22H,1-4H3. The molecule has 0 spiro atoms. The largest absolute Gasteiger partial charge is 0.457 e. The van der Waals surface area contributed by atoms with Crippen molar-refractivity contribution in [3.63, 3.8) is 0 Å². The minimum atomic E-state index is -1.25. The Balaban J connectivity index is 1.66. The molecular formula is C21H21NO5. The van der Waals surface area contributed by atoms with Crippen LogP contribution in [0.4, 0.5) is 5.69 Å². The number of anilines is 1. The van der Waals surface area contributed by atoms with Crippen LogP contribution in [0.3, 0.4) is 0 Å². The zero-order valence-corrected chi connectivity index (χ0v) is 15.7. The van der Waals surface area contributed by atoms with Crippen LogP contribution >= 0.6 is 0 Å². The van der Waals surface area contributed by atoms with Gasteiger partial charge < -0.3 is 19.5 Å². The number of cyclic esters (lactones) is 2. The van der Waals surface area contributed by atoms with E-state index in [0.717, 1.165) is 11.3 Å². The molecule has 0 saturated carbocycles. The van der Waals surface area contributed by atoms with Gasteiger partial charge in [0.1, 0.15) is 11.5 Å². The number of carbonyl (C=O) groups excluding carboxylic acids is 2. The van der Waals surface area contributed by atoms with Crippen molar-refractivity contribution < 1.29 is 23.8 Å². The first-order valence-corrected chi connectivity index (χ1v) is 8.52. The molecule has 1 saturated heterocycles. The summed E-state index contributed by atoms with van der Waals surface area (Å²) in [5, 5.41) is 2.89. The van der Waals surface area contributed by atoms with E-state index in [1.54, 1.807) is 24.3 Å². The number of rotatable bonds is 4. The number of ether oxygens (including phenoxy) is 3. The lowest BCUT2D eigenvalue weighted by Gasteiger charge is -2.29. The van der Waals surface area contributed by atoms with Gasteiger partial charge in [0.2, 0.25) is 0 Å². The molecule has 2 aromatic carbocycles. The molecule has 1 aliphatic rings. The lowest BCUT2D eigenvalue weighted by Crippen LogP contribution is -2.42. The van der Waals surface area contributed by atoms with Crippen LogP contribution in [0.5, 0.6) is 11.5 Å². The molecule has 1 fully saturated rings. The number of aryl methyl sites for hydroxylation is 2. The lowest BCUT2D eigenvalue weighted by atomic mass is 10.1. The van der Waals surface area contributed by atoms with Crippen LogP contribution < -0.4 is 10.1 Å². The highest BCUT2D eigenvalue weighted by Crippen LogP contribution is 2.26. The van der Waals surface area contributed by atoms with Gasteiger partial charge in [0, 0.05) is 25.7 Å². The molecule has 0 amide bonds. The number of carbonyl (C=O) groups is 2.